The molecule has 4 heteroatoms. The molecule has 2 rings (SSSR count). The van der Waals surface area contributed by atoms with E-state index >= 15 is 0 Å². The molecule has 0 bridgehead atoms. The predicted octanol–water partition coefficient (Wildman–Crippen LogP) is 1.42. The van der Waals surface area contributed by atoms with Gasteiger partial charge in [0.2, 0.25) is 11.8 Å². The quantitative estimate of drug-likeness (QED) is 0.752. The largest absolute Gasteiger partial charge is 0.335 e. The molecule has 0 unspecified atom stereocenters. The van der Waals surface area contributed by atoms with Gasteiger partial charge in [0.1, 0.15) is 6.54 Å². The lowest BCUT2D eigenvalue weighted by Crippen LogP contribution is -2.52. The third-order valence-electron chi connectivity index (χ3n) is 3.30. The Hall–Kier alpha value is -1.84. The molecule has 1 aliphatic rings. The van der Waals surface area contributed by atoms with Gasteiger partial charge < -0.3 is 9.80 Å². The van der Waals surface area contributed by atoms with Gasteiger partial charge in [0.05, 0.1) is 12.2 Å². The Labute approximate surface area is 107 Å². The topological polar surface area (TPSA) is 40.6 Å². The lowest BCUT2D eigenvalue weighted by atomic mass is 10.0. The molecule has 1 saturated heterocycles. The monoisotopic (exact) mass is 246 g/mol. The summed E-state index contributed by atoms with van der Waals surface area (Å²) in [4.78, 5) is 26.9. The lowest BCUT2D eigenvalue weighted by molar-refractivity contribution is -0.136. The molecule has 1 heterocycles. The molecule has 0 spiro atoms. The van der Waals surface area contributed by atoms with Crippen molar-refractivity contribution < 1.29 is 9.59 Å². The van der Waals surface area contributed by atoms with E-state index in [0.717, 1.165) is 16.8 Å². The first-order chi connectivity index (χ1) is 8.40. The van der Waals surface area contributed by atoms with Crippen LogP contribution in [0.15, 0.2) is 12.1 Å². The van der Waals surface area contributed by atoms with Gasteiger partial charge in [-0.1, -0.05) is 17.7 Å². The lowest BCUT2D eigenvalue weighted by Gasteiger charge is -2.33. The normalized spacial score (nSPS) is 16.4. The van der Waals surface area contributed by atoms with Gasteiger partial charge in [0, 0.05) is 7.05 Å². The van der Waals surface area contributed by atoms with Crippen molar-refractivity contribution in [3.63, 3.8) is 0 Å². The minimum Gasteiger partial charge on any atom is -0.335 e. The van der Waals surface area contributed by atoms with Gasteiger partial charge in [0.15, 0.2) is 0 Å². The van der Waals surface area contributed by atoms with Crippen molar-refractivity contribution in [2.24, 2.45) is 0 Å². The summed E-state index contributed by atoms with van der Waals surface area (Å²) in [6.45, 7) is 6.28. The molecule has 1 fully saturated rings. The Morgan fingerprint density at radius 1 is 0.944 bits per heavy atom. The van der Waals surface area contributed by atoms with E-state index < -0.39 is 0 Å². The Morgan fingerprint density at radius 3 is 2.06 bits per heavy atom. The number of carbonyl (C=O) groups excluding carboxylic acids is 2. The molecule has 0 radical (unpaired) electrons. The van der Waals surface area contributed by atoms with Gasteiger partial charge >= 0.3 is 0 Å². The van der Waals surface area contributed by atoms with Crippen LogP contribution in [0.1, 0.15) is 16.7 Å². The summed E-state index contributed by atoms with van der Waals surface area (Å²) in [5, 5.41) is 0. The number of nitrogens with zero attached hydrogens (tertiary/aromatic N) is 2. The van der Waals surface area contributed by atoms with Crippen LogP contribution in [0, 0.1) is 20.8 Å². The molecule has 4 nitrogen and oxygen atoms in total. The highest BCUT2D eigenvalue weighted by Gasteiger charge is 2.30. The summed E-state index contributed by atoms with van der Waals surface area (Å²) in [6, 6.07) is 4.08. The minimum atomic E-state index is -0.0212. The van der Waals surface area contributed by atoms with E-state index in [1.54, 1.807) is 11.9 Å². The van der Waals surface area contributed by atoms with E-state index in [9.17, 15) is 9.59 Å². The van der Waals surface area contributed by atoms with E-state index in [1.807, 2.05) is 32.9 Å². The number of carbonyl (C=O) groups is 2. The second-order valence-electron chi connectivity index (χ2n) is 4.98. The van der Waals surface area contributed by atoms with Crippen molar-refractivity contribution in [1.29, 1.82) is 0 Å². The van der Waals surface area contributed by atoms with Crippen molar-refractivity contribution in [2.75, 3.05) is 25.0 Å². The van der Waals surface area contributed by atoms with Crippen molar-refractivity contribution in [3.05, 3.63) is 28.8 Å². The summed E-state index contributed by atoms with van der Waals surface area (Å²) in [6.07, 6.45) is 0. The SMILES string of the molecule is Cc1cc(C)c(N2CC(=O)N(C)CC2=O)c(C)c1. The standard InChI is InChI=1S/C14H18N2O2/c1-9-5-10(2)14(11(3)6-9)16-8-12(17)15(4)7-13(16)18/h5-6H,7-8H2,1-4H3. The molecule has 2 amide bonds. The van der Waals surface area contributed by atoms with Crippen LogP contribution in [0.3, 0.4) is 0 Å². The minimum absolute atomic E-state index is 0.0195. The highest BCUT2D eigenvalue weighted by atomic mass is 16.2. The molecule has 0 saturated carbocycles. The summed E-state index contributed by atoms with van der Waals surface area (Å²) in [5.41, 5.74) is 4.13. The number of hydrogen-bond acceptors (Lipinski definition) is 2. The second-order valence-corrected chi connectivity index (χ2v) is 4.98. The van der Waals surface area contributed by atoms with Crippen molar-refractivity contribution in [2.45, 2.75) is 20.8 Å². The molecule has 0 aromatic heterocycles. The molecule has 96 valence electrons. The van der Waals surface area contributed by atoms with Crippen LogP contribution in [-0.4, -0.2) is 36.9 Å². The summed E-state index contributed by atoms with van der Waals surface area (Å²) < 4.78 is 0. The Bertz CT molecular complexity index is 500. The van der Waals surface area contributed by atoms with Crippen LogP contribution in [0.25, 0.3) is 0 Å². The van der Waals surface area contributed by atoms with E-state index in [2.05, 4.69) is 0 Å². The fourth-order valence-corrected chi connectivity index (χ4v) is 2.52. The molecule has 0 atom stereocenters. The van der Waals surface area contributed by atoms with Gasteiger partial charge in [-0.05, 0) is 31.9 Å². The Morgan fingerprint density at radius 2 is 1.50 bits per heavy atom. The summed E-state index contributed by atoms with van der Waals surface area (Å²) >= 11 is 0. The number of anilines is 1. The number of aryl methyl sites for hydroxylation is 3. The third kappa shape index (κ3) is 2.10. The molecule has 0 N–H and O–H groups in total. The number of amides is 2. The Kier molecular flexibility index (Phi) is 3.11. The van der Waals surface area contributed by atoms with E-state index in [4.69, 9.17) is 0 Å². The maximum Gasteiger partial charge on any atom is 0.247 e. The smallest absolute Gasteiger partial charge is 0.247 e. The third-order valence-corrected chi connectivity index (χ3v) is 3.30. The van der Waals surface area contributed by atoms with Crippen LogP contribution >= 0.6 is 0 Å². The average Bonchev–Trinajstić information content (AvgIpc) is 2.24. The number of likely N-dealkylation sites (N-methyl/N-ethyl adjacent to an activating group) is 1. The first kappa shape index (κ1) is 12.6. The molecule has 0 aliphatic carbocycles. The predicted molar refractivity (Wildman–Crippen MR) is 70.6 cm³/mol. The van der Waals surface area contributed by atoms with Crippen molar-refractivity contribution >= 4 is 17.5 Å². The van der Waals surface area contributed by atoms with Crippen LogP contribution < -0.4 is 4.90 Å². The van der Waals surface area contributed by atoms with Gasteiger partial charge in [-0.2, -0.15) is 0 Å². The number of piperazine rings is 1. The zero-order chi connectivity index (χ0) is 13.4. The first-order valence-electron chi connectivity index (χ1n) is 6.02. The van der Waals surface area contributed by atoms with Crippen LogP contribution in [0.2, 0.25) is 0 Å². The average molecular weight is 246 g/mol. The molecule has 1 aliphatic heterocycles. The van der Waals surface area contributed by atoms with Gasteiger partial charge in [-0.3, -0.25) is 9.59 Å². The maximum absolute atomic E-state index is 12.1. The fraction of sp³-hybridized carbons (Fsp3) is 0.429. The van der Waals surface area contributed by atoms with Crippen molar-refractivity contribution in [1.82, 2.24) is 4.90 Å². The molecule has 1 aromatic carbocycles. The van der Waals surface area contributed by atoms with E-state index in [0.29, 0.717) is 0 Å². The fourth-order valence-electron chi connectivity index (χ4n) is 2.52. The van der Waals surface area contributed by atoms with Crippen LogP contribution in [0.4, 0.5) is 5.69 Å². The molecular formula is C14H18N2O2. The van der Waals surface area contributed by atoms with E-state index in [-0.39, 0.29) is 24.9 Å². The molecular weight excluding hydrogens is 228 g/mol. The number of rotatable bonds is 1. The second kappa shape index (κ2) is 4.44. The van der Waals surface area contributed by atoms with Gasteiger partial charge in [-0.25, -0.2) is 0 Å². The number of hydrogen-bond donors (Lipinski definition) is 0. The molecule has 1 aromatic rings. The zero-order valence-corrected chi connectivity index (χ0v) is 11.3. The zero-order valence-electron chi connectivity index (χ0n) is 11.3. The maximum atomic E-state index is 12.1. The van der Waals surface area contributed by atoms with Gasteiger partial charge in [0.25, 0.3) is 0 Å². The molecule has 18 heavy (non-hydrogen) atoms. The van der Waals surface area contributed by atoms with Gasteiger partial charge in [-0.15, -0.1) is 0 Å². The number of benzene rings is 1. The highest BCUT2D eigenvalue weighted by molar-refractivity contribution is 6.05. The summed E-state index contributed by atoms with van der Waals surface area (Å²) in [7, 11) is 1.66. The van der Waals surface area contributed by atoms with Crippen LogP contribution in [-0.2, 0) is 9.59 Å². The first-order valence-corrected chi connectivity index (χ1v) is 6.02. The van der Waals surface area contributed by atoms with Crippen LogP contribution in [0.5, 0.6) is 0 Å². The summed E-state index contributed by atoms with van der Waals surface area (Å²) in [5.74, 6) is -0.0406. The van der Waals surface area contributed by atoms with Crippen molar-refractivity contribution in [3.8, 4) is 0 Å². The Balaban J connectivity index is 2.43. The van der Waals surface area contributed by atoms with E-state index in [1.165, 1.54) is 10.5 Å². The highest BCUT2D eigenvalue weighted by Crippen LogP contribution is 2.27.